The van der Waals surface area contributed by atoms with Gasteiger partial charge in [0.25, 0.3) is 0 Å². The third-order valence-corrected chi connectivity index (χ3v) is 4.92. The van der Waals surface area contributed by atoms with Crippen LogP contribution in [0.2, 0.25) is 0 Å². The number of amides is 1. The molecule has 1 amide bonds. The summed E-state index contributed by atoms with van der Waals surface area (Å²) >= 11 is 0. The van der Waals surface area contributed by atoms with Crippen molar-refractivity contribution in [1.82, 2.24) is 0 Å². The summed E-state index contributed by atoms with van der Waals surface area (Å²) in [6, 6.07) is 16.8. The van der Waals surface area contributed by atoms with E-state index in [1.54, 1.807) is 0 Å². The van der Waals surface area contributed by atoms with E-state index in [0.717, 1.165) is 31.5 Å². The number of hydrogen-bond donors (Lipinski definition) is 0. The van der Waals surface area contributed by atoms with Gasteiger partial charge >= 0.3 is 0 Å². The van der Waals surface area contributed by atoms with Crippen molar-refractivity contribution in [3.05, 3.63) is 65.2 Å². The van der Waals surface area contributed by atoms with Crippen LogP contribution >= 0.6 is 0 Å². The summed E-state index contributed by atoms with van der Waals surface area (Å²) < 4.78 is 0. The van der Waals surface area contributed by atoms with Crippen LogP contribution in [0, 0.1) is 6.92 Å². The number of unbranched alkanes of at least 4 members (excludes halogenated alkanes) is 1. The second-order valence-corrected chi connectivity index (χ2v) is 6.82. The molecule has 2 heteroatoms. The molecule has 0 bridgehead atoms. The van der Waals surface area contributed by atoms with Gasteiger partial charge in [-0.25, -0.2) is 0 Å². The Labute approximate surface area is 139 Å². The van der Waals surface area contributed by atoms with Crippen molar-refractivity contribution in [2.45, 2.75) is 45.4 Å². The van der Waals surface area contributed by atoms with Crippen molar-refractivity contribution in [2.75, 3.05) is 11.4 Å². The number of anilines is 1. The van der Waals surface area contributed by atoms with Crippen LogP contribution in [0.3, 0.4) is 0 Å². The first-order valence-corrected chi connectivity index (χ1v) is 8.53. The molecule has 120 valence electrons. The Morgan fingerprint density at radius 3 is 2.43 bits per heavy atom. The fraction of sp³-hybridized carbons (Fsp3) is 0.381. The Hall–Kier alpha value is -2.09. The Morgan fingerprint density at radius 1 is 1.04 bits per heavy atom. The Bertz CT molecular complexity index is 704. The van der Waals surface area contributed by atoms with Crippen LogP contribution in [-0.4, -0.2) is 12.5 Å². The lowest BCUT2D eigenvalue weighted by Crippen LogP contribution is -2.40. The molecule has 0 aliphatic carbocycles. The van der Waals surface area contributed by atoms with E-state index in [4.69, 9.17) is 0 Å². The molecule has 1 aliphatic rings. The van der Waals surface area contributed by atoms with Crippen molar-refractivity contribution < 1.29 is 4.79 Å². The van der Waals surface area contributed by atoms with E-state index < -0.39 is 5.41 Å². The molecule has 0 spiro atoms. The minimum absolute atomic E-state index is 0.243. The van der Waals surface area contributed by atoms with Crippen LogP contribution in [0.4, 0.5) is 5.69 Å². The van der Waals surface area contributed by atoms with Crippen molar-refractivity contribution in [1.29, 1.82) is 0 Å². The van der Waals surface area contributed by atoms with Crippen LogP contribution in [0.25, 0.3) is 0 Å². The molecule has 2 nitrogen and oxygen atoms in total. The monoisotopic (exact) mass is 307 g/mol. The number of rotatable bonds is 5. The highest BCUT2D eigenvalue weighted by molar-refractivity contribution is 6.08. The summed E-state index contributed by atoms with van der Waals surface area (Å²) in [6.45, 7) is 7.17. The summed E-state index contributed by atoms with van der Waals surface area (Å²) in [5.74, 6) is 0.243. The Kier molecular flexibility index (Phi) is 4.25. The summed E-state index contributed by atoms with van der Waals surface area (Å²) in [4.78, 5) is 15.2. The lowest BCUT2D eigenvalue weighted by molar-refractivity contribution is -0.122. The number of carbonyl (C=O) groups excluding carboxylic acids is 1. The first kappa shape index (κ1) is 15.8. The smallest absolute Gasteiger partial charge is 0.237 e. The van der Waals surface area contributed by atoms with E-state index in [-0.39, 0.29) is 5.91 Å². The maximum atomic E-state index is 13.2. The molecule has 0 saturated carbocycles. The van der Waals surface area contributed by atoms with Crippen molar-refractivity contribution >= 4 is 11.6 Å². The highest BCUT2D eigenvalue weighted by Crippen LogP contribution is 2.43. The average Bonchev–Trinajstić information content (AvgIpc) is 2.77. The molecule has 0 N–H and O–H groups in total. The summed E-state index contributed by atoms with van der Waals surface area (Å²) in [7, 11) is 0. The van der Waals surface area contributed by atoms with E-state index in [1.165, 1.54) is 16.7 Å². The molecule has 0 aromatic heterocycles. The van der Waals surface area contributed by atoms with Gasteiger partial charge in [-0.2, -0.15) is 0 Å². The molecule has 0 radical (unpaired) electrons. The molecule has 3 rings (SSSR count). The largest absolute Gasteiger partial charge is 0.311 e. The molecule has 0 fully saturated rings. The number of nitrogens with zero attached hydrogens (tertiary/aromatic N) is 1. The third-order valence-electron chi connectivity index (χ3n) is 4.92. The second-order valence-electron chi connectivity index (χ2n) is 6.82. The zero-order valence-corrected chi connectivity index (χ0v) is 14.3. The number of carbonyl (C=O) groups is 1. The van der Waals surface area contributed by atoms with Gasteiger partial charge in [-0.05, 0) is 43.9 Å². The van der Waals surface area contributed by atoms with Crippen molar-refractivity contribution in [3.63, 3.8) is 0 Å². The van der Waals surface area contributed by atoms with E-state index in [9.17, 15) is 4.79 Å². The number of hydrogen-bond acceptors (Lipinski definition) is 1. The third kappa shape index (κ3) is 2.78. The minimum atomic E-state index is -0.459. The predicted octanol–water partition coefficient (Wildman–Crippen LogP) is 4.64. The van der Waals surface area contributed by atoms with Gasteiger partial charge in [-0.15, -0.1) is 0 Å². The number of fused-ring (bicyclic) bond motifs is 1. The first-order chi connectivity index (χ1) is 11.1. The van der Waals surface area contributed by atoms with Crippen LogP contribution in [0.1, 0.15) is 43.4 Å². The van der Waals surface area contributed by atoms with Crippen LogP contribution in [0.5, 0.6) is 0 Å². The predicted molar refractivity (Wildman–Crippen MR) is 95.9 cm³/mol. The van der Waals surface area contributed by atoms with Crippen LogP contribution in [-0.2, 0) is 16.6 Å². The molecule has 1 unspecified atom stereocenters. The van der Waals surface area contributed by atoms with Crippen molar-refractivity contribution in [2.24, 2.45) is 0 Å². The maximum absolute atomic E-state index is 13.2. The highest BCUT2D eigenvalue weighted by Gasteiger charge is 2.46. The molecule has 2 aromatic carbocycles. The summed E-state index contributed by atoms with van der Waals surface area (Å²) in [5.41, 5.74) is 4.28. The van der Waals surface area contributed by atoms with Gasteiger partial charge in [0.1, 0.15) is 0 Å². The zero-order valence-electron chi connectivity index (χ0n) is 14.3. The van der Waals surface area contributed by atoms with Gasteiger partial charge in [0.15, 0.2) is 0 Å². The van der Waals surface area contributed by atoms with Gasteiger partial charge in [0.05, 0.1) is 5.41 Å². The van der Waals surface area contributed by atoms with E-state index in [1.807, 2.05) is 17.0 Å². The molecule has 2 aromatic rings. The quantitative estimate of drug-likeness (QED) is 0.788. The standard InChI is InChI=1S/C21H25NO/c1-4-5-14-22-19-9-7-6-8-18(19)21(3,20(22)23)15-17-12-10-16(2)11-13-17/h6-13H,4-5,14-15H2,1-3H3. The number of aryl methyl sites for hydroxylation is 1. The Balaban J connectivity index is 1.97. The molecule has 1 aliphatic heterocycles. The van der Waals surface area contributed by atoms with Gasteiger partial charge in [0, 0.05) is 12.2 Å². The van der Waals surface area contributed by atoms with E-state index >= 15 is 0 Å². The molecule has 0 saturated heterocycles. The zero-order chi connectivity index (χ0) is 16.4. The molecule has 1 atom stereocenters. The topological polar surface area (TPSA) is 20.3 Å². The van der Waals surface area contributed by atoms with Crippen molar-refractivity contribution in [3.8, 4) is 0 Å². The van der Waals surface area contributed by atoms with Gasteiger partial charge in [-0.3, -0.25) is 4.79 Å². The fourth-order valence-electron chi connectivity index (χ4n) is 3.52. The van der Waals surface area contributed by atoms with E-state index in [2.05, 4.69) is 57.2 Å². The Morgan fingerprint density at radius 2 is 1.74 bits per heavy atom. The molecule has 1 heterocycles. The molecule has 23 heavy (non-hydrogen) atoms. The van der Waals surface area contributed by atoms with Gasteiger partial charge < -0.3 is 4.90 Å². The number of benzene rings is 2. The average molecular weight is 307 g/mol. The number of para-hydroxylation sites is 1. The van der Waals surface area contributed by atoms with E-state index in [0.29, 0.717) is 0 Å². The normalized spacial score (nSPS) is 20.0. The first-order valence-electron chi connectivity index (χ1n) is 8.53. The maximum Gasteiger partial charge on any atom is 0.237 e. The van der Waals surface area contributed by atoms with Gasteiger partial charge in [0.2, 0.25) is 5.91 Å². The molecular formula is C21H25NO. The summed E-state index contributed by atoms with van der Waals surface area (Å²) in [5, 5.41) is 0. The van der Waals surface area contributed by atoms with Crippen LogP contribution < -0.4 is 4.90 Å². The fourth-order valence-corrected chi connectivity index (χ4v) is 3.52. The second kappa shape index (κ2) is 6.19. The van der Waals surface area contributed by atoms with Gasteiger partial charge in [-0.1, -0.05) is 61.4 Å². The highest BCUT2D eigenvalue weighted by atomic mass is 16.2. The minimum Gasteiger partial charge on any atom is -0.311 e. The molecular weight excluding hydrogens is 282 g/mol. The van der Waals surface area contributed by atoms with Crippen LogP contribution in [0.15, 0.2) is 48.5 Å². The SMILES string of the molecule is CCCCN1C(=O)C(C)(Cc2ccc(C)cc2)c2ccccc21. The lowest BCUT2D eigenvalue weighted by Gasteiger charge is -2.24. The lowest BCUT2D eigenvalue weighted by atomic mass is 9.78. The summed E-state index contributed by atoms with van der Waals surface area (Å²) in [6.07, 6.45) is 2.90.